The standard InChI is InChI=1S/C12H17NO/c1-3-11(8-7-10(2)14)12-6-4-5-9-13-12/h4-6,9,11H,3,7-8H2,1-2H3. The summed E-state index contributed by atoms with van der Waals surface area (Å²) >= 11 is 0. The molecule has 76 valence electrons. The molecule has 0 bridgehead atoms. The molecular weight excluding hydrogens is 174 g/mol. The lowest BCUT2D eigenvalue weighted by Gasteiger charge is -2.12. The minimum Gasteiger partial charge on any atom is -0.300 e. The van der Waals surface area contributed by atoms with Crippen LogP contribution in [0.15, 0.2) is 24.4 Å². The van der Waals surface area contributed by atoms with Gasteiger partial charge in [0, 0.05) is 24.2 Å². The van der Waals surface area contributed by atoms with Crippen LogP contribution in [-0.2, 0) is 4.79 Å². The number of hydrogen-bond donors (Lipinski definition) is 0. The predicted octanol–water partition coefficient (Wildman–Crippen LogP) is 2.94. The molecule has 1 heterocycles. The third kappa shape index (κ3) is 3.29. The maximum Gasteiger partial charge on any atom is 0.129 e. The zero-order chi connectivity index (χ0) is 10.4. The highest BCUT2D eigenvalue weighted by molar-refractivity contribution is 5.75. The van der Waals surface area contributed by atoms with Crippen molar-refractivity contribution in [2.75, 3.05) is 0 Å². The summed E-state index contributed by atoms with van der Waals surface area (Å²) in [6.07, 6.45) is 4.44. The van der Waals surface area contributed by atoms with Crippen molar-refractivity contribution in [1.82, 2.24) is 4.98 Å². The number of rotatable bonds is 5. The van der Waals surface area contributed by atoms with E-state index < -0.39 is 0 Å². The van der Waals surface area contributed by atoms with Gasteiger partial charge in [-0.25, -0.2) is 0 Å². The topological polar surface area (TPSA) is 30.0 Å². The van der Waals surface area contributed by atoms with Crippen LogP contribution in [0.3, 0.4) is 0 Å². The van der Waals surface area contributed by atoms with Gasteiger partial charge in [-0.1, -0.05) is 13.0 Å². The maximum atomic E-state index is 10.9. The highest BCUT2D eigenvalue weighted by Crippen LogP contribution is 2.22. The number of carbonyl (C=O) groups is 1. The number of aromatic nitrogens is 1. The number of nitrogens with zero attached hydrogens (tertiary/aromatic N) is 1. The Hall–Kier alpha value is -1.18. The molecule has 1 unspecified atom stereocenters. The Morgan fingerprint density at radius 2 is 2.29 bits per heavy atom. The molecule has 0 radical (unpaired) electrons. The smallest absolute Gasteiger partial charge is 0.129 e. The lowest BCUT2D eigenvalue weighted by Crippen LogP contribution is -2.02. The van der Waals surface area contributed by atoms with Crippen molar-refractivity contribution in [2.24, 2.45) is 0 Å². The highest BCUT2D eigenvalue weighted by Gasteiger charge is 2.10. The first kappa shape index (κ1) is 10.9. The third-order valence-corrected chi connectivity index (χ3v) is 2.44. The van der Waals surface area contributed by atoms with Crippen LogP contribution in [-0.4, -0.2) is 10.8 Å². The molecule has 1 atom stereocenters. The van der Waals surface area contributed by atoms with Gasteiger partial charge in [0.25, 0.3) is 0 Å². The summed E-state index contributed by atoms with van der Waals surface area (Å²) in [6, 6.07) is 5.95. The Morgan fingerprint density at radius 3 is 2.79 bits per heavy atom. The first-order chi connectivity index (χ1) is 6.74. The summed E-state index contributed by atoms with van der Waals surface area (Å²) in [5.74, 6) is 0.694. The van der Waals surface area contributed by atoms with Gasteiger partial charge in [-0.05, 0) is 31.9 Å². The zero-order valence-corrected chi connectivity index (χ0v) is 8.86. The average molecular weight is 191 g/mol. The molecule has 1 aromatic rings. The lowest BCUT2D eigenvalue weighted by molar-refractivity contribution is -0.117. The Kier molecular flexibility index (Phi) is 4.30. The predicted molar refractivity (Wildman–Crippen MR) is 57.2 cm³/mol. The van der Waals surface area contributed by atoms with Crippen LogP contribution in [0.25, 0.3) is 0 Å². The van der Waals surface area contributed by atoms with Crippen LogP contribution in [0.5, 0.6) is 0 Å². The second kappa shape index (κ2) is 5.53. The van der Waals surface area contributed by atoms with Crippen molar-refractivity contribution in [3.05, 3.63) is 30.1 Å². The number of ketones is 1. The summed E-state index contributed by atoms with van der Waals surface area (Å²) in [5, 5.41) is 0. The van der Waals surface area contributed by atoms with Gasteiger partial charge in [0.2, 0.25) is 0 Å². The molecule has 0 aliphatic carbocycles. The fraction of sp³-hybridized carbons (Fsp3) is 0.500. The molecule has 0 aliphatic rings. The highest BCUT2D eigenvalue weighted by atomic mass is 16.1. The summed E-state index contributed by atoms with van der Waals surface area (Å²) in [5.41, 5.74) is 1.11. The fourth-order valence-corrected chi connectivity index (χ4v) is 1.56. The molecule has 0 amide bonds. The largest absolute Gasteiger partial charge is 0.300 e. The molecule has 0 aromatic carbocycles. The number of pyridine rings is 1. The molecule has 1 aromatic heterocycles. The van der Waals surface area contributed by atoms with Crippen LogP contribution in [0, 0.1) is 0 Å². The minimum absolute atomic E-state index is 0.263. The van der Waals surface area contributed by atoms with Crippen LogP contribution in [0.2, 0.25) is 0 Å². The van der Waals surface area contributed by atoms with Crippen LogP contribution >= 0.6 is 0 Å². The zero-order valence-electron chi connectivity index (χ0n) is 8.86. The first-order valence-electron chi connectivity index (χ1n) is 5.14. The lowest BCUT2D eigenvalue weighted by atomic mass is 9.95. The van der Waals surface area contributed by atoms with E-state index in [1.54, 1.807) is 6.92 Å². The molecule has 1 rings (SSSR count). The second-order valence-corrected chi connectivity index (χ2v) is 3.60. The molecule has 0 fully saturated rings. The van der Waals surface area contributed by atoms with Gasteiger partial charge in [-0.15, -0.1) is 0 Å². The Morgan fingerprint density at radius 1 is 1.50 bits per heavy atom. The van der Waals surface area contributed by atoms with Gasteiger partial charge in [-0.2, -0.15) is 0 Å². The molecule has 0 saturated heterocycles. The van der Waals surface area contributed by atoms with Gasteiger partial charge in [0.05, 0.1) is 0 Å². The van der Waals surface area contributed by atoms with Crippen molar-refractivity contribution in [3.63, 3.8) is 0 Å². The molecule has 2 heteroatoms. The fourth-order valence-electron chi connectivity index (χ4n) is 1.56. The van der Waals surface area contributed by atoms with Crippen LogP contribution < -0.4 is 0 Å². The van der Waals surface area contributed by atoms with Crippen molar-refractivity contribution < 1.29 is 4.79 Å². The van der Waals surface area contributed by atoms with Crippen molar-refractivity contribution >= 4 is 5.78 Å². The molecule has 0 N–H and O–H groups in total. The van der Waals surface area contributed by atoms with Gasteiger partial charge < -0.3 is 4.79 Å². The van der Waals surface area contributed by atoms with E-state index in [1.165, 1.54) is 0 Å². The average Bonchev–Trinajstić information content (AvgIpc) is 2.20. The van der Waals surface area contributed by atoms with E-state index in [0.717, 1.165) is 18.5 Å². The monoisotopic (exact) mass is 191 g/mol. The van der Waals surface area contributed by atoms with Crippen LogP contribution in [0.4, 0.5) is 0 Å². The van der Waals surface area contributed by atoms with Crippen molar-refractivity contribution in [3.8, 4) is 0 Å². The minimum atomic E-state index is 0.263. The van der Waals surface area contributed by atoms with Crippen molar-refractivity contribution in [1.29, 1.82) is 0 Å². The van der Waals surface area contributed by atoms with E-state index in [4.69, 9.17) is 0 Å². The summed E-state index contributed by atoms with van der Waals surface area (Å²) in [6.45, 7) is 3.78. The van der Waals surface area contributed by atoms with Gasteiger partial charge in [0.15, 0.2) is 0 Å². The SMILES string of the molecule is CCC(CCC(C)=O)c1ccccn1. The van der Waals surface area contributed by atoms with E-state index in [1.807, 2.05) is 24.4 Å². The molecule has 14 heavy (non-hydrogen) atoms. The second-order valence-electron chi connectivity index (χ2n) is 3.60. The van der Waals surface area contributed by atoms with Gasteiger partial charge in [0.1, 0.15) is 5.78 Å². The third-order valence-electron chi connectivity index (χ3n) is 2.44. The van der Waals surface area contributed by atoms with Gasteiger partial charge in [-0.3, -0.25) is 4.98 Å². The Balaban J connectivity index is 2.58. The van der Waals surface area contributed by atoms with E-state index in [2.05, 4.69) is 11.9 Å². The summed E-state index contributed by atoms with van der Waals surface area (Å²) in [4.78, 5) is 15.2. The van der Waals surface area contributed by atoms with E-state index in [0.29, 0.717) is 12.3 Å². The van der Waals surface area contributed by atoms with E-state index in [-0.39, 0.29) is 5.78 Å². The Labute approximate surface area is 85.4 Å². The Bertz CT molecular complexity index is 282. The molecule has 2 nitrogen and oxygen atoms in total. The summed E-state index contributed by atoms with van der Waals surface area (Å²) in [7, 11) is 0. The first-order valence-corrected chi connectivity index (χ1v) is 5.14. The number of hydrogen-bond acceptors (Lipinski definition) is 2. The molecule has 0 aliphatic heterocycles. The normalized spacial score (nSPS) is 12.4. The van der Waals surface area contributed by atoms with E-state index in [9.17, 15) is 4.79 Å². The number of carbonyl (C=O) groups excluding carboxylic acids is 1. The van der Waals surface area contributed by atoms with Crippen molar-refractivity contribution in [2.45, 2.75) is 39.0 Å². The van der Waals surface area contributed by atoms with E-state index >= 15 is 0 Å². The maximum absolute atomic E-state index is 10.9. The summed E-state index contributed by atoms with van der Waals surface area (Å²) < 4.78 is 0. The molecule has 0 saturated carbocycles. The van der Waals surface area contributed by atoms with Crippen LogP contribution in [0.1, 0.15) is 44.7 Å². The van der Waals surface area contributed by atoms with Gasteiger partial charge >= 0.3 is 0 Å². The molecule has 0 spiro atoms. The quantitative estimate of drug-likeness (QED) is 0.716. The molecular formula is C12H17NO. The number of Topliss-reactive ketones (excluding diaryl/α,β-unsaturated/α-hetero) is 1.